The molecule has 0 atom stereocenters. The summed E-state index contributed by atoms with van der Waals surface area (Å²) in [4.78, 5) is 87.0. The van der Waals surface area contributed by atoms with E-state index < -0.39 is 77.1 Å². The molecule has 0 N–H and O–H groups in total. The maximum absolute atomic E-state index is 13.7. The highest BCUT2D eigenvalue weighted by atomic mass is 19.4. The van der Waals surface area contributed by atoms with Crippen LogP contribution in [0, 0.1) is 13.8 Å². The first kappa shape index (κ1) is 49.0. The zero-order valence-corrected chi connectivity index (χ0v) is 36.2. The highest BCUT2D eigenvalue weighted by Gasteiger charge is 2.36. The molecule has 0 saturated heterocycles. The lowest BCUT2D eigenvalue weighted by molar-refractivity contribution is -0.138. The number of pyridine rings is 2. The number of aryl methyl sites for hydroxylation is 2. The van der Waals surface area contributed by atoms with Crippen molar-refractivity contribution in [1.82, 2.24) is 9.97 Å². The van der Waals surface area contributed by atoms with Gasteiger partial charge in [0.05, 0.1) is 11.1 Å². The molecule has 0 amide bonds. The molecule has 9 nitrogen and oxygen atoms in total. The van der Waals surface area contributed by atoms with E-state index in [2.05, 4.69) is 9.97 Å². The van der Waals surface area contributed by atoms with Crippen LogP contribution in [0.25, 0.3) is 0 Å². The first-order chi connectivity index (χ1) is 31.8. The van der Waals surface area contributed by atoms with Gasteiger partial charge in [-0.1, -0.05) is 84.9 Å². The molecule has 0 unspecified atom stereocenters. The van der Waals surface area contributed by atoms with Crippen LogP contribution >= 0.6 is 0 Å². The van der Waals surface area contributed by atoms with Crippen molar-refractivity contribution >= 4 is 34.7 Å². The minimum atomic E-state index is -4.79. The van der Waals surface area contributed by atoms with Gasteiger partial charge >= 0.3 is 12.4 Å². The van der Waals surface area contributed by atoms with Crippen molar-refractivity contribution in [3.05, 3.63) is 194 Å². The van der Waals surface area contributed by atoms with E-state index >= 15 is 0 Å². The second-order valence-corrected chi connectivity index (χ2v) is 15.7. The summed E-state index contributed by atoms with van der Waals surface area (Å²) >= 11 is 0. The maximum Gasteiger partial charge on any atom is 0.418 e. The number of nitrogens with zero attached hydrogens (tertiary/aromatic N) is 2. The fourth-order valence-corrected chi connectivity index (χ4v) is 7.48. The predicted molar refractivity (Wildman–Crippen MR) is 235 cm³/mol. The van der Waals surface area contributed by atoms with Crippen LogP contribution in [-0.2, 0) is 25.4 Å². The first-order valence-electron chi connectivity index (χ1n) is 21.0. The number of hydrogen-bond acceptors (Lipinski definition) is 9. The highest BCUT2D eigenvalue weighted by Crippen LogP contribution is 2.34. The third-order valence-corrected chi connectivity index (χ3v) is 11.0. The number of carbonyl (C=O) groups is 6. The molecule has 0 aliphatic carbocycles. The molecule has 0 bridgehead atoms. The second kappa shape index (κ2) is 21.3. The fraction of sp³-hybridized carbons (Fsp3) is 0.231. The predicted octanol–water partition coefficient (Wildman–Crippen LogP) is 11.8. The topological polar surface area (TPSA) is 137 Å². The van der Waals surface area contributed by atoms with Crippen molar-refractivity contribution in [1.29, 1.82) is 0 Å². The summed E-state index contributed by atoms with van der Waals surface area (Å²) in [5.74, 6) is -3.38. The van der Waals surface area contributed by atoms with Crippen LogP contribution in [0.15, 0.2) is 121 Å². The van der Waals surface area contributed by atoms with Crippen molar-refractivity contribution in [2.75, 3.05) is 0 Å². The SMILES string of the molecule is Cc1ccc(Cc2ccccc2C(=O)CCC(=O)c2ccccc2COc2ccc(C)c(C(=O)CCC(=O)c3ccccc3C(F)(F)F)n2)cc1C(=O)CCC(=O)c1ncccc1C(F)(F)F. The number of ketones is 6. The Bertz CT molecular complexity index is 2870. The van der Waals surface area contributed by atoms with Crippen LogP contribution in [0.5, 0.6) is 5.88 Å². The molecule has 344 valence electrons. The summed E-state index contributed by atoms with van der Waals surface area (Å²) in [5.41, 5.74) is 0.223. The monoisotopic (exact) mass is 920 g/mol. The Morgan fingerprint density at radius 2 is 0.955 bits per heavy atom. The van der Waals surface area contributed by atoms with Gasteiger partial charge in [-0.2, -0.15) is 26.3 Å². The Hall–Kier alpha value is -7.42. The molecule has 2 aromatic heterocycles. The number of rotatable bonds is 20. The zero-order valence-electron chi connectivity index (χ0n) is 36.2. The minimum Gasteiger partial charge on any atom is -0.473 e. The number of benzene rings is 4. The summed E-state index contributed by atoms with van der Waals surface area (Å²) in [6, 6.07) is 27.9. The molecule has 0 radical (unpaired) electrons. The molecule has 0 spiro atoms. The van der Waals surface area contributed by atoms with Gasteiger partial charge in [-0.3, -0.25) is 33.8 Å². The molecule has 67 heavy (non-hydrogen) atoms. The van der Waals surface area contributed by atoms with Crippen LogP contribution in [-0.4, -0.2) is 44.7 Å². The van der Waals surface area contributed by atoms with Gasteiger partial charge < -0.3 is 4.74 Å². The van der Waals surface area contributed by atoms with Crippen LogP contribution in [0.1, 0.15) is 140 Å². The lowest BCUT2D eigenvalue weighted by atomic mass is 9.91. The van der Waals surface area contributed by atoms with Gasteiger partial charge in [0.15, 0.2) is 34.7 Å². The fourth-order valence-electron chi connectivity index (χ4n) is 7.48. The molecule has 6 aromatic rings. The largest absolute Gasteiger partial charge is 0.473 e. The van der Waals surface area contributed by atoms with Crippen LogP contribution in [0.3, 0.4) is 0 Å². The number of Topliss-reactive ketones (excluding diaryl/α,β-unsaturated/α-hetero) is 6. The van der Waals surface area contributed by atoms with Gasteiger partial charge in [-0.05, 0) is 66.8 Å². The molecule has 2 heterocycles. The number of carbonyl (C=O) groups excluding carboxylic acids is 6. The van der Waals surface area contributed by atoms with E-state index in [9.17, 15) is 55.1 Å². The molecule has 0 aliphatic rings. The van der Waals surface area contributed by atoms with Gasteiger partial charge in [-0.15, -0.1) is 0 Å². The number of alkyl halides is 6. The molecule has 0 fully saturated rings. The zero-order chi connectivity index (χ0) is 48.5. The van der Waals surface area contributed by atoms with Crippen molar-refractivity contribution in [2.24, 2.45) is 0 Å². The van der Waals surface area contributed by atoms with E-state index in [4.69, 9.17) is 4.74 Å². The first-order valence-corrected chi connectivity index (χ1v) is 21.0. The van der Waals surface area contributed by atoms with Crippen molar-refractivity contribution < 1.29 is 59.8 Å². The van der Waals surface area contributed by atoms with Crippen LogP contribution in [0.2, 0.25) is 0 Å². The molecular formula is C52H42F6N2O7. The Kier molecular flexibility index (Phi) is 15.6. The van der Waals surface area contributed by atoms with Gasteiger partial charge in [0.25, 0.3) is 0 Å². The third kappa shape index (κ3) is 12.5. The molecule has 0 aliphatic heterocycles. The van der Waals surface area contributed by atoms with Gasteiger partial charge in [-0.25, -0.2) is 4.98 Å². The van der Waals surface area contributed by atoms with Gasteiger partial charge in [0.1, 0.15) is 18.0 Å². The van der Waals surface area contributed by atoms with E-state index in [-0.39, 0.29) is 61.0 Å². The lowest BCUT2D eigenvalue weighted by Crippen LogP contribution is -2.16. The Balaban J connectivity index is 1.06. The van der Waals surface area contributed by atoms with E-state index in [1.165, 1.54) is 18.2 Å². The summed E-state index contributed by atoms with van der Waals surface area (Å²) in [6.45, 7) is 3.17. The normalized spacial score (nSPS) is 11.5. The number of halogens is 6. The van der Waals surface area contributed by atoms with E-state index in [0.717, 1.165) is 30.5 Å². The molecule has 4 aromatic carbocycles. The van der Waals surface area contributed by atoms with Gasteiger partial charge in [0, 0.05) is 78.6 Å². The maximum atomic E-state index is 13.7. The lowest BCUT2D eigenvalue weighted by Gasteiger charge is -2.13. The third-order valence-electron chi connectivity index (χ3n) is 11.0. The van der Waals surface area contributed by atoms with Gasteiger partial charge in [0.2, 0.25) is 5.88 Å². The van der Waals surface area contributed by atoms with E-state index in [1.807, 2.05) is 0 Å². The molecule has 0 saturated carbocycles. The average Bonchev–Trinajstić information content (AvgIpc) is 3.31. The van der Waals surface area contributed by atoms with E-state index in [1.54, 1.807) is 86.6 Å². The van der Waals surface area contributed by atoms with Crippen molar-refractivity contribution in [2.45, 2.75) is 77.8 Å². The summed E-state index contributed by atoms with van der Waals surface area (Å²) < 4.78 is 86.6. The van der Waals surface area contributed by atoms with Crippen molar-refractivity contribution in [3.8, 4) is 5.88 Å². The number of aromatic nitrogens is 2. The molecule has 6 rings (SSSR count). The Morgan fingerprint density at radius 3 is 1.58 bits per heavy atom. The number of ether oxygens (including phenoxy) is 1. The smallest absolute Gasteiger partial charge is 0.418 e. The standard InChI is InChI=1S/C52H42F6N2O7/c1-31-17-19-33(29-39(31)45(64)23-25-47(66)50-41(52(56,57)58)16-9-27-59-50)28-34-10-3-5-12-36(34)42(61)20-21-43(62)37-13-6-4-11-35(37)30-67-48-26-18-32(2)49(60-48)46(65)24-22-44(63)38-14-7-8-15-40(38)51(53,54)55/h3-19,26-27,29H,20-25,28,30H2,1-2H3. The highest BCUT2D eigenvalue weighted by molar-refractivity contribution is 6.05. The second-order valence-electron chi connectivity index (χ2n) is 15.7. The Morgan fingerprint density at radius 1 is 0.478 bits per heavy atom. The Labute approximate surface area is 381 Å². The number of hydrogen-bond donors (Lipinski definition) is 0. The minimum absolute atomic E-state index is 0.0207. The van der Waals surface area contributed by atoms with Crippen LogP contribution in [0.4, 0.5) is 26.3 Å². The summed E-state index contributed by atoms with van der Waals surface area (Å²) in [7, 11) is 0. The van der Waals surface area contributed by atoms with Crippen LogP contribution < -0.4 is 4.74 Å². The van der Waals surface area contributed by atoms with E-state index in [0.29, 0.717) is 38.9 Å². The molecular weight excluding hydrogens is 879 g/mol. The average molecular weight is 921 g/mol. The van der Waals surface area contributed by atoms with Crippen molar-refractivity contribution in [3.63, 3.8) is 0 Å². The molecule has 15 heteroatoms. The summed E-state index contributed by atoms with van der Waals surface area (Å²) in [5, 5.41) is 0. The quantitative estimate of drug-likeness (QED) is 0.0541. The summed E-state index contributed by atoms with van der Waals surface area (Å²) in [6.07, 6.45) is -10.2.